The van der Waals surface area contributed by atoms with Crippen LogP contribution in [0.15, 0.2) is 29.2 Å². The third kappa shape index (κ3) is 3.90. The molecule has 0 spiro atoms. The van der Waals surface area contributed by atoms with Gasteiger partial charge in [0.1, 0.15) is 0 Å². The Hall–Kier alpha value is 0.300. The highest BCUT2D eigenvalue weighted by Gasteiger charge is 2.04. The van der Waals surface area contributed by atoms with Crippen LogP contribution in [-0.4, -0.2) is 22.3 Å². The van der Waals surface area contributed by atoms with E-state index in [1.165, 1.54) is 0 Å². The Kier molecular flexibility index (Phi) is 5.17. The molecule has 0 heterocycles. The molecule has 0 bridgehead atoms. The summed E-state index contributed by atoms with van der Waals surface area (Å²) in [5, 5.41) is 10.6. The molecule has 72 valence electrons. The van der Waals surface area contributed by atoms with Crippen LogP contribution in [0.2, 0.25) is 5.02 Å². The normalized spacial score (nSPS) is 12.8. The van der Waals surface area contributed by atoms with E-state index in [2.05, 4.69) is 15.9 Å². The van der Waals surface area contributed by atoms with Crippen molar-refractivity contribution >= 4 is 39.3 Å². The van der Waals surface area contributed by atoms with Gasteiger partial charge in [0.25, 0.3) is 0 Å². The first-order valence-corrected chi connectivity index (χ1v) is 6.34. The van der Waals surface area contributed by atoms with E-state index < -0.39 is 0 Å². The average molecular weight is 282 g/mol. The maximum atomic E-state index is 9.30. The van der Waals surface area contributed by atoms with Crippen LogP contribution in [0.4, 0.5) is 0 Å². The molecule has 0 aliphatic heterocycles. The number of aliphatic hydroxyl groups excluding tert-OH is 1. The van der Waals surface area contributed by atoms with Gasteiger partial charge in [-0.25, -0.2) is 0 Å². The molecule has 13 heavy (non-hydrogen) atoms. The summed E-state index contributed by atoms with van der Waals surface area (Å²) in [7, 11) is 0. The molecule has 0 saturated carbocycles. The van der Waals surface area contributed by atoms with E-state index in [4.69, 9.17) is 11.6 Å². The summed E-state index contributed by atoms with van der Waals surface area (Å²) >= 11 is 10.7. The second-order valence-electron chi connectivity index (χ2n) is 2.55. The number of halogens is 2. The molecule has 1 aromatic carbocycles. The SMILES string of the molecule is OC(CBr)CSc1ccccc1Cl. The molecule has 0 aliphatic carbocycles. The molecule has 0 amide bonds. The summed E-state index contributed by atoms with van der Waals surface area (Å²) < 4.78 is 0. The molecule has 1 rings (SSSR count). The predicted octanol–water partition coefficient (Wildman–Crippen LogP) is 3.19. The molecule has 0 saturated heterocycles. The van der Waals surface area contributed by atoms with Gasteiger partial charge in [-0.3, -0.25) is 0 Å². The number of aliphatic hydroxyl groups is 1. The fraction of sp³-hybridized carbons (Fsp3) is 0.333. The Morgan fingerprint density at radius 3 is 2.77 bits per heavy atom. The molecular weight excluding hydrogens is 272 g/mol. The Labute approximate surface area is 95.6 Å². The third-order valence-corrected chi connectivity index (χ3v) is 3.85. The zero-order valence-electron chi connectivity index (χ0n) is 6.91. The van der Waals surface area contributed by atoms with E-state index >= 15 is 0 Å². The van der Waals surface area contributed by atoms with E-state index in [0.717, 1.165) is 9.92 Å². The van der Waals surface area contributed by atoms with Gasteiger partial charge in [0.05, 0.1) is 11.1 Å². The smallest absolute Gasteiger partial charge is 0.0730 e. The van der Waals surface area contributed by atoms with Crippen molar-refractivity contribution in [2.75, 3.05) is 11.1 Å². The largest absolute Gasteiger partial charge is 0.391 e. The lowest BCUT2D eigenvalue weighted by Crippen LogP contribution is -2.10. The molecule has 1 nitrogen and oxygen atoms in total. The monoisotopic (exact) mass is 280 g/mol. The zero-order valence-corrected chi connectivity index (χ0v) is 10.1. The second kappa shape index (κ2) is 5.91. The van der Waals surface area contributed by atoms with Gasteiger partial charge in [-0.15, -0.1) is 11.8 Å². The van der Waals surface area contributed by atoms with Crippen LogP contribution in [0, 0.1) is 0 Å². The highest BCUT2D eigenvalue weighted by molar-refractivity contribution is 9.09. The zero-order chi connectivity index (χ0) is 9.68. The molecule has 1 aromatic rings. The maximum absolute atomic E-state index is 9.30. The van der Waals surface area contributed by atoms with Crippen molar-refractivity contribution in [1.82, 2.24) is 0 Å². The van der Waals surface area contributed by atoms with Crippen LogP contribution < -0.4 is 0 Å². The van der Waals surface area contributed by atoms with Crippen molar-refractivity contribution in [2.45, 2.75) is 11.0 Å². The summed E-state index contributed by atoms with van der Waals surface area (Å²) in [5.41, 5.74) is 0. The Morgan fingerprint density at radius 1 is 1.46 bits per heavy atom. The number of hydrogen-bond acceptors (Lipinski definition) is 2. The first-order chi connectivity index (χ1) is 6.24. The average Bonchev–Trinajstić information content (AvgIpc) is 2.16. The van der Waals surface area contributed by atoms with Crippen molar-refractivity contribution in [1.29, 1.82) is 0 Å². The van der Waals surface area contributed by atoms with Crippen LogP contribution in [0.5, 0.6) is 0 Å². The summed E-state index contributed by atoms with van der Waals surface area (Å²) in [6.07, 6.45) is -0.318. The van der Waals surface area contributed by atoms with Gasteiger partial charge in [-0.05, 0) is 12.1 Å². The minimum atomic E-state index is -0.318. The number of rotatable bonds is 4. The van der Waals surface area contributed by atoms with E-state index in [0.29, 0.717) is 11.1 Å². The van der Waals surface area contributed by atoms with Gasteiger partial charge in [0.15, 0.2) is 0 Å². The van der Waals surface area contributed by atoms with Crippen LogP contribution in [0.25, 0.3) is 0 Å². The molecule has 1 unspecified atom stereocenters. The topological polar surface area (TPSA) is 20.2 Å². The Morgan fingerprint density at radius 2 is 2.15 bits per heavy atom. The lowest BCUT2D eigenvalue weighted by atomic mass is 10.4. The van der Waals surface area contributed by atoms with Crippen molar-refractivity contribution in [3.8, 4) is 0 Å². The number of benzene rings is 1. The maximum Gasteiger partial charge on any atom is 0.0730 e. The highest BCUT2D eigenvalue weighted by Crippen LogP contribution is 2.26. The number of thioether (sulfide) groups is 1. The summed E-state index contributed by atoms with van der Waals surface area (Å²) in [5.74, 6) is 0.662. The summed E-state index contributed by atoms with van der Waals surface area (Å²) in [6, 6.07) is 7.64. The highest BCUT2D eigenvalue weighted by atomic mass is 79.9. The van der Waals surface area contributed by atoms with Crippen LogP contribution >= 0.6 is 39.3 Å². The molecule has 0 radical (unpaired) electrons. The van der Waals surface area contributed by atoms with Crippen LogP contribution in [-0.2, 0) is 0 Å². The predicted molar refractivity (Wildman–Crippen MR) is 62.0 cm³/mol. The molecule has 4 heteroatoms. The van der Waals surface area contributed by atoms with Crippen molar-refractivity contribution < 1.29 is 5.11 Å². The minimum Gasteiger partial charge on any atom is -0.391 e. The van der Waals surface area contributed by atoms with Crippen LogP contribution in [0.3, 0.4) is 0 Å². The molecule has 0 aliphatic rings. The van der Waals surface area contributed by atoms with E-state index in [9.17, 15) is 5.11 Å². The Balaban J connectivity index is 2.50. The van der Waals surface area contributed by atoms with Gasteiger partial charge in [-0.2, -0.15) is 0 Å². The minimum absolute atomic E-state index is 0.318. The van der Waals surface area contributed by atoms with Crippen molar-refractivity contribution in [3.05, 3.63) is 29.3 Å². The van der Waals surface area contributed by atoms with Gasteiger partial charge in [0, 0.05) is 16.0 Å². The lowest BCUT2D eigenvalue weighted by Gasteiger charge is -2.06. The standard InChI is InChI=1S/C9H10BrClOS/c10-5-7(12)6-13-9-4-2-1-3-8(9)11/h1-4,7,12H,5-6H2. The van der Waals surface area contributed by atoms with E-state index in [-0.39, 0.29) is 6.10 Å². The quantitative estimate of drug-likeness (QED) is 0.676. The van der Waals surface area contributed by atoms with Gasteiger partial charge in [-0.1, -0.05) is 39.7 Å². The summed E-state index contributed by atoms with van der Waals surface area (Å²) in [6.45, 7) is 0. The fourth-order valence-corrected chi connectivity index (χ4v) is 2.49. The first kappa shape index (κ1) is 11.4. The van der Waals surface area contributed by atoms with Gasteiger partial charge in [0.2, 0.25) is 0 Å². The number of hydrogen-bond donors (Lipinski definition) is 1. The lowest BCUT2D eigenvalue weighted by molar-refractivity contribution is 0.226. The van der Waals surface area contributed by atoms with Crippen molar-refractivity contribution in [2.24, 2.45) is 0 Å². The molecular formula is C9H10BrClOS. The molecule has 0 aromatic heterocycles. The summed E-state index contributed by atoms with van der Waals surface area (Å²) in [4.78, 5) is 1.02. The van der Waals surface area contributed by atoms with Gasteiger partial charge < -0.3 is 5.11 Å². The van der Waals surface area contributed by atoms with E-state index in [1.54, 1.807) is 11.8 Å². The van der Waals surface area contributed by atoms with Crippen molar-refractivity contribution in [3.63, 3.8) is 0 Å². The van der Waals surface area contributed by atoms with Gasteiger partial charge >= 0.3 is 0 Å². The molecule has 1 N–H and O–H groups in total. The second-order valence-corrected chi connectivity index (χ2v) is 4.67. The fourth-order valence-electron chi connectivity index (χ4n) is 0.792. The molecule has 0 fully saturated rings. The van der Waals surface area contributed by atoms with Crippen LogP contribution in [0.1, 0.15) is 0 Å². The first-order valence-electron chi connectivity index (χ1n) is 3.85. The molecule has 1 atom stereocenters. The third-order valence-electron chi connectivity index (χ3n) is 1.45. The number of alkyl halides is 1. The van der Waals surface area contributed by atoms with E-state index in [1.807, 2.05) is 24.3 Å². The Bertz CT molecular complexity index is 270.